The Labute approximate surface area is 157 Å². The lowest BCUT2D eigenvalue weighted by atomic mass is 10.3. The number of benzene rings is 3. The van der Waals surface area contributed by atoms with Gasteiger partial charge in [-0.3, -0.25) is 4.79 Å². The van der Waals surface area contributed by atoms with Gasteiger partial charge in [-0.05, 0) is 42.8 Å². The van der Waals surface area contributed by atoms with E-state index in [1.807, 2.05) is 0 Å². The van der Waals surface area contributed by atoms with Crippen molar-refractivity contribution in [3.63, 3.8) is 0 Å². The number of hydrogen-bond donors (Lipinski definition) is 1. The first-order valence-electron chi connectivity index (χ1n) is 10.8. The molecule has 25 heavy (non-hydrogen) atoms. The van der Waals surface area contributed by atoms with Crippen molar-refractivity contribution in [3.8, 4) is 0 Å². The van der Waals surface area contributed by atoms with Crippen LogP contribution in [0.25, 0.3) is 0 Å². The average Bonchev–Trinajstić information content (AvgIpc) is 2.76. The Bertz CT molecular complexity index is 947. The van der Waals surface area contributed by atoms with Crippen LogP contribution in [0.2, 0.25) is 0 Å². The number of rotatable bonds is 7. The molecule has 0 aliphatic carbocycles. The molecule has 126 valence electrons. The first-order valence-corrected chi connectivity index (χ1v) is 9.59. The van der Waals surface area contributed by atoms with E-state index in [1.54, 1.807) is 91.0 Å². The highest BCUT2D eigenvalue weighted by Gasteiger charge is 2.44. The van der Waals surface area contributed by atoms with E-state index >= 15 is 0 Å². The summed E-state index contributed by atoms with van der Waals surface area (Å²) in [5.74, 6) is -2.05. The number of carboxylic acid groups (broad SMARTS) is 1. The molecule has 0 unspecified atom stereocenters. The van der Waals surface area contributed by atoms with Crippen molar-refractivity contribution in [2.45, 2.75) is 12.7 Å². The van der Waals surface area contributed by atoms with Crippen molar-refractivity contribution in [2.24, 2.45) is 0 Å². The van der Waals surface area contributed by atoms with Crippen molar-refractivity contribution in [1.29, 1.82) is 0 Å². The normalized spacial score (nSPS) is 16.5. The fourth-order valence-electron chi connectivity index (χ4n) is 2.76. The van der Waals surface area contributed by atoms with E-state index in [0.29, 0.717) is 15.9 Å². The van der Waals surface area contributed by atoms with Gasteiger partial charge in [0, 0.05) is 11.9 Å². The van der Waals surface area contributed by atoms with Gasteiger partial charge in [-0.1, -0.05) is 54.6 Å². The lowest BCUT2D eigenvalue weighted by Crippen LogP contribution is -2.33. The molecular weight excluding hydrogens is 327 g/mol. The topological polar surface area (TPSA) is 37.3 Å². The molecule has 3 aromatic rings. The van der Waals surface area contributed by atoms with Gasteiger partial charge < -0.3 is 5.11 Å². The molecule has 0 atom stereocenters. The Morgan fingerprint density at radius 3 is 1.44 bits per heavy atom. The zero-order valence-corrected chi connectivity index (χ0v) is 14.4. The summed E-state index contributed by atoms with van der Waals surface area (Å²) in [5, 5.41) is 10.9. The summed E-state index contributed by atoms with van der Waals surface area (Å²) in [6, 6.07) is 25.7. The molecule has 0 bridgehead atoms. The molecule has 0 aliphatic heterocycles. The van der Waals surface area contributed by atoms with Gasteiger partial charge in [-0.2, -0.15) is 0 Å². The Morgan fingerprint density at radius 2 is 1.12 bits per heavy atom. The monoisotopic (exact) mass is 355 g/mol. The zero-order valence-electron chi connectivity index (χ0n) is 19.5. The predicted octanol–water partition coefficient (Wildman–Crippen LogP) is 3.85. The van der Waals surface area contributed by atoms with Crippen LogP contribution < -0.4 is 15.9 Å². The molecule has 0 saturated heterocycles. The van der Waals surface area contributed by atoms with Gasteiger partial charge >= 0.3 is 5.97 Å². The maximum Gasteiger partial charge on any atom is 0.303 e. The largest absolute Gasteiger partial charge is 0.481 e. The van der Waals surface area contributed by atoms with Crippen LogP contribution in [0.15, 0.2) is 91.0 Å². The van der Waals surface area contributed by atoms with Crippen molar-refractivity contribution < 1.29 is 18.1 Å². The Morgan fingerprint density at radius 1 is 0.760 bits per heavy atom. The number of aliphatic carboxylic acids is 1. The minimum atomic E-state index is -3.56. The first kappa shape index (κ1) is 11.2. The molecular formula is C22H22O2P+. The minimum Gasteiger partial charge on any atom is -0.481 e. The molecule has 0 aliphatic rings. The second-order valence-electron chi connectivity index (χ2n) is 5.34. The summed E-state index contributed by atoms with van der Waals surface area (Å²) < 4.78 is 51.3. The van der Waals surface area contributed by atoms with E-state index in [9.17, 15) is 9.90 Å². The van der Waals surface area contributed by atoms with E-state index in [0.717, 1.165) is 0 Å². The Hall–Kier alpha value is -2.44. The van der Waals surface area contributed by atoms with Crippen molar-refractivity contribution in [3.05, 3.63) is 91.0 Å². The second-order valence-corrected chi connectivity index (χ2v) is 8.46. The van der Waals surface area contributed by atoms with Crippen LogP contribution >= 0.6 is 7.26 Å². The summed E-state index contributed by atoms with van der Waals surface area (Å²) in [5.41, 5.74) is 0. The highest BCUT2D eigenvalue weighted by molar-refractivity contribution is 7.95. The predicted molar refractivity (Wildman–Crippen MR) is 107 cm³/mol. The van der Waals surface area contributed by atoms with Crippen LogP contribution in [0.5, 0.6) is 0 Å². The SMILES string of the molecule is [2H]C([2H])(C(=O)O)C([2H])([2H])C([2H])([2H])[P+](c1ccccc1)(c1ccccc1)c1ccccc1. The summed E-state index contributed by atoms with van der Waals surface area (Å²) >= 11 is 0. The minimum absolute atomic E-state index is 0.488. The van der Waals surface area contributed by atoms with Gasteiger partial charge in [0.15, 0.2) is 0 Å². The summed E-state index contributed by atoms with van der Waals surface area (Å²) in [4.78, 5) is 11.7. The number of carboxylic acids is 1. The van der Waals surface area contributed by atoms with Crippen LogP contribution in [0.1, 0.15) is 21.0 Å². The van der Waals surface area contributed by atoms with E-state index in [2.05, 4.69) is 0 Å². The molecule has 0 saturated carbocycles. The lowest BCUT2D eigenvalue weighted by Gasteiger charge is -2.27. The molecule has 1 N–H and O–H groups in total. The maximum absolute atomic E-state index is 11.7. The molecule has 0 fully saturated rings. The average molecular weight is 355 g/mol. The van der Waals surface area contributed by atoms with Crippen LogP contribution in [-0.4, -0.2) is 17.2 Å². The molecule has 2 nitrogen and oxygen atoms in total. The number of carbonyl (C=O) groups is 1. The third-order valence-electron chi connectivity index (χ3n) is 3.82. The van der Waals surface area contributed by atoms with Crippen LogP contribution in [0.3, 0.4) is 0 Å². The molecule has 0 aromatic heterocycles. The van der Waals surface area contributed by atoms with Crippen molar-refractivity contribution in [1.82, 2.24) is 0 Å². The second kappa shape index (κ2) is 8.09. The zero-order chi connectivity index (χ0) is 22.9. The quantitative estimate of drug-likeness (QED) is 0.654. The fraction of sp³-hybridized carbons (Fsp3) is 0.136. The van der Waals surface area contributed by atoms with Crippen LogP contribution in [0.4, 0.5) is 0 Å². The van der Waals surface area contributed by atoms with Gasteiger partial charge in [-0.15, -0.1) is 0 Å². The molecule has 0 spiro atoms. The molecule has 3 rings (SSSR count). The summed E-state index contributed by atoms with van der Waals surface area (Å²) in [7, 11) is -3.56. The maximum atomic E-state index is 11.7. The van der Waals surface area contributed by atoms with Crippen LogP contribution in [-0.2, 0) is 4.79 Å². The summed E-state index contributed by atoms with van der Waals surface area (Å²) in [6.07, 6.45) is -9.77. The summed E-state index contributed by atoms with van der Waals surface area (Å²) in [6.45, 7) is 0. The standard InChI is InChI=1S/C22H21O2P/c23-22(24)17-10-18-25(19-11-4-1-5-12-19,20-13-6-2-7-14-20)21-15-8-3-9-16-21/h1-9,11-16H,10,17-18H2/p+1/i10D2,17D2,18D2. The highest BCUT2D eigenvalue weighted by atomic mass is 31.2. The Balaban J connectivity index is 2.51. The van der Waals surface area contributed by atoms with Crippen LogP contribution in [0, 0.1) is 0 Å². The van der Waals surface area contributed by atoms with Gasteiger partial charge in [-0.25, -0.2) is 0 Å². The van der Waals surface area contributed by atoms with Gasteiger partial charge in [0.25, 0.3) is 0 Å². The number of hydrogen-bond acceptors (Lipinski definition) is 1. The van der Waals surface area contributed by atoms with E-state index in [4.69, 9.17) is 8.22 Å². The highest BCUT2D eigenvalue weighted by Crippen LogP contribution is 2.55. The Kier molecular flexibility index (Phi) is 3.63. The third kappa shape index (κ3) is 3.81. The smallest absolute Gasteiger partial charge is 0.303 e. The lowest BCUT2D eigenvalue weighted by molar-refractivity contribution is -0.137. The van der Waals surface area contributed by atoms with Gasteiger partial charge in [0.1, 0.15) is 23.2 Å². The first-order chi connectivity index (χ1) is 14.5. The van der Waals surface area contributed by atoms with E-state index < -0.39 is 32.1 Å². The van der Waals surface area contributed by atoms with Gasteiger partial charge in [0.05, 0.1) is 8.86 Å². The van der Waals surface area contributed by atoms with Crippen molar-refractivity contribution >= 4 is 29.1 Å². The third-order valence-corrected chi connectivity index (χ3v) is 7.49. The van der Waals surface area contributed by atoms with E-state index in [1.165, 1.54) is 0 Å². The molecule has 3 heteroatoms. The molecule has 0 amide bonds. The molecule has 3 aromatic carbocycles. The molecule has 0 heterocycles. The fourth-order valence-corrected chi connectivity index (χ4v) is 6.12. The molecule has 0 radical (unpaired) electrons. The van der Waals surface area contributed by atoms with Crippen molar-refractivity contribution in [2.75, 3.05) is 6.11 Å². The van der Waals surface area contributed by atoms with Gasteiger partial charge in [0.2, 0.25) is 0 Å². The van der Waals surface area contributed by atoms with E-state index in [-0.39, 0.29) is 0 Å².